The zero-order valence-corrected chi connectivity index (χ0v) is 15.5. The van der Waals surface area contributed by atoms with E-state index in [0.29, 0.717) is 11.5 Å². The Hall–Kier alpha value is -3.19. The number of ether oxygens (including phenoxy) is 1. The van der Waals surface area contributed by atoms with Gasteiger partial charge in [0.15, 0.2) is 0 Å². The number of carbonyl (C=O) groups excluding carboxylic acids is 1. The molecule has 0 saturated carbocycles. The predicted octanol–water partition coefficient (Wildman–Crippen LogP) is 3.71. The van der Waals surface area contributed by atoms with Crippen molar-refractivity contribution in [2.75, 3.05) is 18.4 Å². The zero-order chi connectivity index (χ0) is 19.2. The topological polar surface area (TPSA) is 80.5 Å². The molecule has 4 rings (SSSR count). The largest absolute Gasteiger partial charge is 0.456 e. The number of amides is 1. The number of piperidine rings is 1. The molecule has 2 aromatic heterocycles. The Kier molecular flexibility index (Phi) is 5.63. The van der Waals surface area contributed by atoms with E-state index in [-0.39, 0.29) is 11.8 Å². The van der Waals surface area contributed by atoms with E-state index in [1.165, 1.54) is 0 Å². The standard InChI is InChI=1S/C21H22N4O3/c26-21(16-7-11-25(12-8-16)15-18-9-13-27-24-18)23-17-3-5-19(6-4-17)28-20-2-1-10-22-14-20/h1-6,9-10,13-14,16H,7-8,11-12,15H2,(H,23,26). The van der Waals surface area contributed by atoms with Crippen molar-refractivity contribution in [3.05, 3.63) is 66.8 Å². The number of aromatic nitrogens is 2. The van der Waals surface area contributed by atoms with Crippen molar-refractivity contribution in [2.24, 2.45) is 5.92 Å². The van der Waals surface area contributed by atoms with Crippen LogP contribution in [-0.4, -0.2) is 34.0 Å². The van der Waals surface area contributed by atoms with Crippen LogP contribution in [0.3, 0.4) is 0 Å². The van der Waals surface area contributed by atoms with Gasteiger partial charge in [0.25, 0.3) is 0 Å². The lowest BCUT2D eigenvalue weighted by Crippen LogP contribution is -2.37. The van der Waals surface area contributed by atoms with Gasteiger partial charge >= 0.3 is 0 Å². The van der Waals surface area contributed by atoms with Crippen LogP contribution in [0.25, 0.3) is 0 Å². The third kappa shape index (κ3) is 4.75. The summed E-state index contributed by atoms with van der Waals surface area (Å²) in [6.07, 6.45) is 6.62. The van der Waals surface area contributed by atoms with E-state index in [2.05, 4.69) is 20.4 Å². The van der Waals surface area contributed by atoms with Gasteiger partial charge in [0.2, 0.25) is 5.91 Å². The molecule has 1 aliphatic rings. The summed E-state index contributed by atoms with van der Waals surface area (Å²) in [6.45, 7) is 2.52. The first-order valence-corrected chi connectivity index (χ1v) is 9.37. The third-order valence-corrected chi connectivity index (χ3v) is 4.83. The molecule has 1 amide bonds. The van der Waals surface area contributed by atoms with Gasteiger partial charge in [0.05, 0.1) is 11.9 Å². The normalized spacial score (nSPS) is 15.3. The van der Waals surface area contributed by atoms with Gasteiger partial charge in [0, 0.05) is 30.4 Å². The molecule has 1 fully saturated rings. The number of hydrogen-bond donors (Lipinski definition) is 1. The number of rotatable bonds is 6. The Morgan fingerprint density at radius 3 is 2.64 bits per heavy atom. The van der Waals surface area contributed by atoms with E-state index in [4.69, 9.17) is 9.26 Å². The maximum absolute atomic E-state index is 12.6. The monoisotopic (exact) mass is 378 g/mol. The molecular weight excluding hydrogens is 356 g/mol. The zero-order valence-electron chi connectivity index (χ0n) is 15.5. The molecule has 28 heavy (non-hydrogen) atoms. The quantitative estimate of drug-likeness (QED) is 0.704. The molecule has 1 saturated heterocycles. The molecule has 1 N–H and O–H groups in total. The van der Waals surface area contributed by atoms with Crippen LogP contribution < -0.4 is 10.1 Å². The molecule has 3 aromatic rings. The minimum atomic E-state index is 0.0277. The molecule has 0 atom stereocenters. The SMILES string of the molecule is O=C(Nc1ccc(Oc2cccnc2)cc1)C1CCN(Cc2ccon2)CC1. The molecule has 0 spiro atoms. The summed E-state index contributed by atoms with van der Waals surface area (Å²) >= 11 is 0. The van der Waals surface area contributed by atoms with Crippen molar-refractivity contribution in [3.63, 3.8) is 0 Å². The van der Waals surface area contributed by atoms with E-state index in [1.54, 1.807) is 18.7 Å². The van der Waals surface area contributed by atoms with Crippen molar-refractivity contribution in [3.8, 4) is 11.5 Å². The summed E-state index contributed by atoms with van der Waals surface area (Å²) in [5, 5.41) is 6.95. The summed E-state index contributed by atoms with van der Waals surface area (Å²) in [5.41, 5.74) is 1.70. The molecule has 0 aliphatic carbocycles. The lowest BCUT2D eigenvalue weighted by molar-refractivity contribution is -0.121. The predicted molar refractivity (Wildman–Crippen MR) is 104 cm³/mol. The van der Waals surface area contributed by atoms with Crippen LogP contribution in [0.4, 0.5) is 5.69 Å². The number of carbonyl (C=O) groups is 1. The summed E-state index contributed by atoms with van der Waals surface area (Å²) in [6, 6.07) is 12.9. The van der Waals surface area contributed by atoms with Crippen LogP contribution in [0.5, 0.6) is 11.5 Å². The van der Waals surface area contributed by atoms with Crippen LogP contribution in [0.1, 0.15) is 18.5 Å². The van der Waals surface area contributed by atoms with Crippen molar-refractivity contribution in [2.45, 2.75) is 19.4 Å². The number of nitrogens with one attached hydrogen (secondary N) is 1. The summed E-state index contributed by atoms with van der Waals surface area (Å²) in [4.78, 5) is 18.9. The first-order chi connectivity index (χ1) is 13.8. The molecule has 1 aliphatic heterocycles. The second-order valence-corrected chi connectivity index (χ2v) is 6.85. The van der Waals surface area contributed by atoms with Gasteiger partial charge in [-0.15, -0.1) is 0 Å². The third-order valence-electron chi connectivity index (χ3n) is 4.83. The Labute approximate surface area is 163 Å². The lowest BCUT2D eigenvalue weighted by atomic mass is 9.95. The number of anilines is 1. The highest BCUT2D eigenvalue weighted by Gasteiger charge is 2.25. The molecule has 0 bridgehead atoms. The highest BCUT2D eigenvalue weighted by atomic mass is 16.5. The molecule has 0 radical (unpaired) electrons. The van der Waals surface area contributed by atoms with E-state index in [1.807, 2.05) is 42.5 Å². The van der Waals surface area contributed by atoms with Crippen molar-refractivity contribution < 1.29 is 14.1 Å². The van der Waals surface area contributed by atoms with Gasteiger partial charge in [-0.05, 0) is 62.3 Å². The Morgan fingerprint density at radius 1 is 1.14 bits per heavy atom. The van der Waals surface area contributed by atoms with Gasteiger partial charge in [-0.3, -0.25) is 14.7 Å². The van der Waals surface area contributed by atoms with Crippen molar-refractivity contribution in [1.82, 2.24) is 15.0 Å². The van der Waals surface area contributed by atoms with E-state index in [9.17, 15) is 4.79 Å². The average Bonchev–Trinajstić information content (AvgIpc) is 3.24. The lowest BCUT2D eigenvalue weighted by Gasteiger charge is -2.30. The summed E-state index contributed by atoms with van der Waals surface area (Å²) in [5.74, 6) is 1.48. The van der Waals surface area contributed by atoms with Crippen molar-refractivity contribution >= 4 is 11.6 Å². The fourth-order valence-corrected chi connectivity index (χ4v) is 3.30. The molecule has 1 aromatic carbocycles. The maximum atomic E-state index is 12.6. The summed E-state index contributed by atoms with van der Waals surface area (Å²) in [7, 11) is 0. The minimum Gasteiger partial charge on any atom is -0.456 e. The first kappa shape index (κ1) is 18.2. The minimum absolute atomic E-state index is 0.0277. The van der Waals surface area contributed by atoms with Crippen LogP contribution >= 0.6 is 0 Å². The van der Waals surface area contributed by atoms with Crippen LogP contribution in [0.15, 0.2) is 65.6 Å². The number of pyridine rings is 1. The molecule has 7 heteroatoms. The van der Waals surface area contributed by atoms with Crippen LogP contribution in [0, 0.1) is 5.92 Å². The highest BCUT2D eigenvalue weighted by Crippen LogP contribution is 2.24. The smallest absolute Gasteiger partial charge is 0.227 e. The fraction of sp³-hybridized carbons (Fsp3) is 0.286. The van der Waals surface area contributed by atoms with Gasteiger partial charge in [0.1, 0.15) is 17.8 Å². The highest BCUT2D eigenvalue weighted by molar-refractivity contribution is 5.92. The number of hydrogen-bond acceptors (Lipinski definition) is 6. The number of nitrogens with zero attached hydrogens (tertiary/aromatic N) is 3. The Bertz CT molecular complexity index is 874. The van der Waals surface area contributed by atoms with Gasteiger partial charge < -0.3 is 14.6 Å². The number of likely N-dealkylation sites (tertiary alicyclic amines) is 1. The molecule has 7 nitrogen and oxygen atoms in total. The van der Waals surface area contributed by atoms with Gasteiger partial charge in [-0.25, -0.2) is 0 Å². The Morgan fingerprint density at radius 2 is 1.96 bits per heavy atom. The maximum Gasteiger partial charge on any atom is 0.227 e. The summed E-state index contributed by atoms with van der Waals surface area (Å²) < 4.78 is 10.6. The second kappa shape index (κ2) is 8.67. The van der Waals surface area contributed by atoms with E-state index in [0.717, 1.165) is 43.9 Å². The van der Waals surface area contributed by atoms with Crippen LogP contribution in [-0.2, 0) is 11.3 Å². The van der Waals surface area contributed by atoms with Gasteiger partial charge in [-0.2, -0.15) is 0 Å². The van der Waals surface area contributed by atoms with E-state index < -0.39 is 0 Å². The van der Waals surface area contributed by atoms with Crippen LogP contribution in [0.2, 0.25) is 0 Å². The Balaban J connectivity index is 1.26. The number of benzene rings is 1. The molecular formula is C21H22N4O3. The van der Waals surface area contributed by atoms with E-state index >= 15 is 0 Å². The average molecular weight is 378 g/mol. The first-order valence-electron chi connectivity index (χ1n) is 9.37. The molecule has 3 heterocycles. The molecule has 0 unspecified atom stereocenters. The molecule has 144 valence electrons. The fourth-order valence-electron chi connectivity index (χ4n) is 3.30. The second-order valence-electron chi connectivity index (χ2n) is 6.85. The van der Waals surface area contributed by atoms with Gasteiger partial charge in [-0.1, -0.05) is 5.16 Å². The van der Waals surface area contributed by atoms with Crippen molar-refractivity contribution in [1.29, 1.82) is 0 Å².